The Morgan fingerprint density at radius 2 is 1.53 bits per heavy atom. The van der Waals surface area contributed by atoms with E-state index >= 15 is 0 Å². The number of para-hydroxylation sites is 1. The van der Waals surface area contributed by atoms with Gasteiger partial charge >= 0.3 is 5.97 Å². The topological polar surface area (TPSA) is 114 Å². The van der Waals surface area contributed by atoms with E-state index in [4.69, 9.17) is 9.47 Å². The van der Waals surface area contributed by atoms with Crippen LogP contribution in [0.4, 0.5) is 0 Å². The lowest BCUT2D eigenvalue weighted by Gasteiger charge is -2.42. The Kier molecular flexibility index (Phi) is 9.09. The Bertz CT molecular complexity index is 1480. The van der Waals surface area contributed by atoms with Crippen molar-refractivity contribution >= 4 is 23.7 Å². The highest BCUT2D eigenvalue weighted by Crippen LogP contribution is 2.48. The van der Waals surface area contributed by atoms with Gasteiger partial charge in [-0.05, 0) is 54.5 Å². The van der Waals surface area contributed by atoms with E-state index in [9.17, 15) is 19.2 Å². The van der Waals surface area contributed by atoms with Gasteiger partial charge in [-0.15, -0.1) is 0 Å². The number of benzene rings is 3. The second-order valence-electron chi connectivity index (χ2n) is 11.0. The summed E-state index contributed by atoms with van der Waals surface area (Å²) in [6, 6.07) is 24.2. The zero-order chi connectivity index (χ0) is 30.4. The summed E-state index contributed by atoms with van der Waals surface area (Å²) in [4.78, 5) is 54.5. The number of rotatable bonds is 8. The summed E-state index contributed by atoms with van der Waals surface area (Å²) in [5.41, 5.74) is 1.83. The normalized spacial score (nSPS) is 20.0. The number of nitrogens with zero attached hydrogens (tertiary/aromatic N) is 1. The quantitative estimate of drug-likeness (QED) is 0.392. The molecule has 1 saturated heterocycles. The maximum atomic E-state index is 14.0. The second-order valence-corrected chi connectivity index (χ2v) is 11.0. The number of amides is 3. The van der Waals surface area contributed by atoms with Gasteiger partial charge < -0.3 is 25.0 Å². The van der Waals surface area contributed by atoms with E-state index in [1.54, 1.807) is 18.2 Å². The Hall–Kier alpha value is -4.66. The smallest absolute Gasteiger partial charge is 0.325 e. The SMILES string of the molecule is COC(=O)CNC(=O)[C@@]1(c2ccccc2)CC[C@H](C(=O)N2CCC(NC(=O)c3ccccc3OC)CC2)c2ccccc21. The van der Waals surface area contributed by atoms with Crippen molar-refractivity contribution in [2.45, 2.75) is 43.1 Å². The molecule has 3 aromatic carbocycles. The van der Waals surface area contributed by atoms with Crippen LogP contribution in [-0.4, -0.2) is 68.5 Å². The molecule has 2 N–H and O–H groups in total. The molecule has 1 aliphatic carbocycles. The van der Waals surface area contributed by atoms with Crippen molar-refractivity contribution in [1.82, 2.24) is 15.5 Å². The summed E-state index contributed by atoms with van der Waals surface area (Å²) in [6.45, 7) is 0.812. The van der Waals surface area contributed by atoms with E-state index in [2.05, 4.69) is 10.6 Å². The minimum Gasteiger partial charge on any atom is -0.496 e. The van der Waals surface area contributed by atoms with Crippen molar-refractivity contribution in [3.8, 4) is 5.75 Å². The summed E-state index contributed by atoms with van der Waals surface area (Å²) < 4.78 is 10.1. The van der Waals surface area contributed by atoms with Crippen LogP contribution in [0.25, 0.3) is 0 Å². The average Bonchev–Trinajstić information content (AvgIpc) is 3.06. The molecule has 2 atom stereocenters. The molecule has 1 fully saturated rings. The zero-order valence-corrected chi connectivity index (χ0v) is 24.5. The zero-order valence-electron chi connectivity index (χ0n) is 24.5. The molecule has 1 aliphatic heterocycles. The molecule has 43 heavy (non-hydrogen) atoms. The van der Waals surface area contributed by atoms with Crippen molar-refractivity contribution in [3.05, 3.63) is 101 Å². The number of likely N-dealkylation sites (tertiary alicyclic amines) is 1. The van der Waals surface area contributed by atoms with Gasteiger partial charge in [-0.25, -0.2) is 0 Å². The van der Waals surface area contributed by atoms with Gasteiger partial charge in [-0.1, -0.05) is 66.7 Å². The predicted molar refractivity (Wildman–Crippen MR) is 161 cm³/mol. The molecule has 5 rings (SSSR count). The number of hydrogen-bond donors (Lipinski definition) is 2. The van der Waals surface area contributed by atoms with Crippen LogP contribution >= 0.6 is 0 Å². The highest BCUT2D eigenvalue weighted by Gasteiger charge is 2.49. The molecule has 9 nitrogen and oxygen atoms in total. The van der Waals surface area contributed by atoms with Gasteiger partial charge in [0.2, 0.25) is 11.8 Å². The second kappa shape index (κ2) is 13.1. The van der Waals surface area contributed by atoms with Crippen LogP contribution in [-0.2, 0) is 24.5 Å². The Labute approximate surface area is 251 Å². The molecule has 0 radical (unpaired) electrons. The van der Waals surface area contributed by atoms with E-state index in [1.165, 1.54) is 14.2 Å². The first kappa shape index (κ1) is 29.8. The summed E-state index contributed by atoms with van der Waals surface area (Å²) in [5.74, 6) is -0.870. The van der Waals surface area contributed by atoms with Crippen LogP contribution in [0.3, 0.4) is 0 Å². The Morgan fingerprint density at radius 3 is 2.26 bits per heavy atom. The van der Waals surface area contributed by atoms with E-state index in [-0.39, 0.29) is 30.3 Å². The molecular weight excluding hydrogens is 546 g/mol. The summed E-state index contributed by atoms with van der Waals surface area (Å²) >= 11 is 0. The molecular formula is C34H37N3O6. The minimum absolute atomic E-state index is 0.0265. The molecule has 1 heterocycles. The molecule has 0 aromatic heterocycles. The molecule has 2 aliphatic rings. The van der Waals surface area contributed by atoms with Crippen LogP contribution < -0.4 is 15.4 Å². The van der Waals surface area contributed by atoms with Gasteiger partial charge in [0.1, 0.15) is 12.3 Å². The van der Waals surface area contributed by atoms with E-state index in [0.717, 1.165) is 16.7 Å². The van der Waals surface area contributed by atoms with E-state index in [1.807, 2.05) is 65.6 Å². The maximum absolute atomic E-state index is 14.0. The largest absolute Gasteiger partial charge is 0.496 e. The van der Waals surface area contributed by atoms with Gasteiger partial charge in [0.15, 0.2) is 0 Å². The number of carbonyl (C=O) groups is 4. The predicted octanol–water partition coefficient (Wildman–Crippen LogP) is 3.57. The number of nitrogens with one attached hydrogen (secondary N) is 2. The maximum Gasteiger partial charge on any atom is 0.325 e. The Balaban J connectivity index is 1.33. The van der Waals surface area contributed by atoms with Gasteiger partial charge in [0, 0.05) is 19.1 Å². The van der Waals surface area contributed by atoms with Crippen molar-refractivity contribution in [1.29, 1.82) is 0 Å². The average molecular weight is 584 g/mol. The fourth-order valence-electron chi connectivity index (χ4n) is 6.42. The summed E-state index contributed by atoms with van der Waals surface area (Å²) in [5, 5.41) is 5.87. The van der Waals surface area contributed by atoms with Crippen LogP contribution in [0.15, 0.2) is 78.9 Å². The molecule has 9 heteroatoms. The molecule has 0 saturated carbocycles. The third-order valence-electron chi connectivity index (χ3n) is 8.67. The lowest BCUT2D eigenvalue weighted by molar-refractivity contribution is -0.141. The summed E-state index contributed by atoms with van der Waals surface area (Å²) in [7, 11) is 2.82. The molecule has 3 aromatic rings. The molecule has 0 bridgehead atoms. The minimum atomic E-state index is -1.06. The van der Waals surface area contributed by atoms with Crippen LogP contribution in [0.2, 0.25) is 0 Å². The third-order valence-corrected chi connectivity index (χ3v) is 8.67. The fraction of sp³-hybridized carbons (Fsp3) is 0.353. The van der Waals surface area contributed by atoms with E-state index in [0.29, 0.717) is 50.1 Å². The number of esters is 1. The number of fused-ring (bicyclic) bond motifs is 1. The van der Waals surface area contributed by atoms with Crippen molar-refractivity contribution in [2.24, 2.45) is 0 Å². The highest BCUT2D eigenvalue weighted by atomic mass is 16.5. The number of hydrogen-bond acceptors (Lipinski definition) is 6. The number of methoxy groups -OCH3 is 2. The van der Waals surface area contributed by atoms with Crippen LogP contribution in [0, 0.1) is 0 Å². The van der Waals surface area contributed by atoms with Gasteiger partial charge in [-0.2, -0.15) is 0 Å². The first-order valence-corrected chi connectivity index (χ1v) is 14.6. The van der Waals surface area contributed by atoms with Crippen molar-refractivity contribution < 1.29 is 28.7 Å². The number of carbonyl (C=O) groups excluding carboxylic acids is 4. The molecule has 3 amide bonds. The molecule has 224 valence electrons. The lowest BCUT2D eigenvalue weighted by atomic mass is 9.62. The Morgan fingerprint density at radius 1 is 0.860 bits per heavy atom. The van der Waals surface area contributed by atoms with Gasteiger partial charge in [-0.3, -0.25) is 19.2 Å². The molecule has 0 unspecified atom stereocenters. The first-order valence-electron chi connectivity index (χ1n) is 14.6. The lowest BCUT2D eigenvalue weighted by Crippen LogP contribution is -2.51. The monoisotopic (exact) mass is 583 g/mol. The highest BCUT2D eigenvalue weighted by molar-refractivity contribution is 5.97. The molecule has 0 spiro atoms. The van der Waals surface area contributed by atoms with Crippen molar-refractivity contribution in [3.63, 3.8) is 0 Å². The van der Waals surface area contributed by atoms with Crippen LogP contribution in [0.1, 0.15) is 58.6 Å². The van der Waals surface area contributed by atoms with Crippen molar-refractivity contribution in [2.75, 3.05) is 33.9 Å². The van der Waals surface area contributed by atoms with Crippen LogP contribution in [0.5, 0.6) is 5.75 Å². The first-order chi connectivity index (χ1) is 20.9. The van der Waals surface area contributed by atoms with Gasteiger partial charge in [0.25, 0.3) is 5.91 Å². The number of piperidine rings is 1. The fourth-order valence-corrected chi connectivity index (χ4v) is 6.42. The van der Waals surface area contributed by atoms with E-state index < -0.39 is 17.3 Å². The standard InChI is InChI=1S/C34H37N3O6/c1-42-29-15-9-7-13-27(29)31(39)36-24-17-20-37(21-18-24)32(40)26-16-19-34(23-10-4-3-5-11-23,28-14-8-6-12-25(26)28)33(41)35-22-30(38)43-2/h3-15,24,26H,16-22H2,1-2H3,(H,35,41)(H,36,39)/t26-,34+/m0/s1. The third kappa shape index (κ3) is 5.98. The van der Waals surface area contributed by atoms with Gasteiger partial charge in [0.05, 0.1) is 31.1 Å². The summed E-state index contributed by atoms with van der Waals surface area (Å²) in [6.07, 6.45) is 2.17. The number of ether oxygens (including phenoxy) is 2.